The summed E-state index contributed by atoms with van der Waals surface area (Å²) in [7, 11) is 0. The van der Waals surface area contributed by atoms with E-state index in [0.717, 1.165) is 34.6 Å². The Morgan fingerprint density at radius 3 is 2.85 bits per heavy atom. The Balaban J connectivity index is 1.47. The van der Waals surface area contributed by atoms with Gasteiger partial charge < -0.3 is 19.2 Å². The molecule has 0 saturated carbocycles. The van der Waals surface area contributed by atoms with Gasteiger partial charge in [-0.25, -0.2) is 4.79 Å². The Kier molecular flexibility index (Phi) is 4.57. The zero-order valence-electron chi connectivity index (χ0n) is 14.3. The molecule has 2 N–H and O–H groups in total. The molecule has 0 radical (unpaired) electrons. The van der Waals surface area contributed by atoms with E-state index in [1.165, 1.54) is 6.07 Å². The van der Waals surface area contributed by atoms with E-state index in [9.17, 15) is 4.79 Å². The van der Waals surface area contributed by atoms with Crippen molar-refractivity contribution in [3.63, 3.8) is 0 Å². The number of benzene rings is 2. The largest absolute Gasteiger partial charge is 0.486 e. The molecule has 0 spiro atoms. The molecule has 1 atom stereocenters. The maximum atomic E-state index is 11.8. The van der Waals surface area contributed by atoms with Crippen molar-refractivity contribution in [1.82, 2.24) is 0 Å². The first-order chi connectivity index (χ1) is 12.6. The Morgan fingerprint density at radius 1 is 1.19 bits per heavy atom. The minimum atomic E-state index is -0.353. The first-order valence-corrected chi connectivity index (χ1v) is 8.91. The van der Waals surface area contributed by atoms with Gasteiger partial charge in [-0.1, -0.05) is 23.7 Å². The molecule has 134 valence electrons. The second kappa shape index (κ2) is 7.02. The molecule has 1 aromatic heterocycles. The van der Waals surface area contributed by atoms with Crippen LogP contribution in [0, 0.1) is 6.92 Å². The minimum absolute atomic E-state index is 0.0397. The smallest absolute Gasteiger partial charge is 0.336 e. The Hall–Kier alpha value is -2.50. The predicted molar refractivity (Wildman–Crippen MR) is 99.1 cm³/mol. The lowest BCUT2D eigenvalue weighted by atomic mass is 10.1. The molecule has 0 saturated heterocycles. The number of aryl methyl sites for hydroxylation is 1. The van der Waals surface area contributed by atoms with Crippen LogP contribution < -0.4 is 20.4 Å². The minimum Gasteiger partial charge on any atom is -0.486 e. The lowest BCUT2D eigenvalue weighted by molar-refractivity contribution is -0.675. The summed E-state index contributed by atoms with van der Waals surface area (Å²) in [6.45, 7) is 3.74. The van der Waals surface area contributed by atoms with Gasteiger partial charge in [0.2, 0.25) is 0 Å². The SMILES string of the molecule is Cc1cc2oc(=O)cc(C[NH2+]C[C@@H]3COc4ccccc4O3)c2cc1Cl. The van der Waals surface area contributed by atoms with Crippen LogP contribution in [0.25, 0.3) is 11.0 Å². The topological polar surface area (TPSA) is 65.3 Å². The fourth-order valence-corrected chi connectivity index (χ4v) is 3.28. The molecular formula is C20H19ClNO4+. The van der Waals surface area contributed by atoms with Gasteiger partial charge in [0.1, 0.15) is 25.3 Å². The summed E-state index contributed by atoms with van der Waals surface area (Å²) in [4.78, 5) is 11.8. The van der Waals surface area contributed by atoms with Crippen LogP contribution in [0.3, 0.4) is 0 Å². The molecule has 0 fully saturated rings. The number of quaternary nitrogens is 1. The molecule has 26 heavy (non-hydrogen) atoms. The number of nitrogens with two attached hydrogens (primary N) is 1. The summed E-state index contributed by atoms with van der Waals surface area (Å²) in [5.74, 6) is 1.55. The van der Waals surface area contributed by atoms with Crippen LogP contribution in [-0.4, -0.2) is 19.3 Å². The van der Waals surface area contributed by atoms with Crippen LogP contribution in [0.1, 0.15) is 11.1 Å². The standard InChI is InChI=1S/C20H18ClNO4/c1-12-6-19-15(8-16(12)21)13(7-20(23)26-19)9-22-10-14-11-24-17-4-2-3-5-18(17)25-14/h2-8,14,22H,9-11H2,1H3/p+1/t14-/m1/s1. The van der Waals surface area contributed by atoms with Gasteiger partial charge in [0.25, 0.3) is 0 Å². The first kappa shape index (κ1) is 16.9. The maximum Gasteiger partial charge on any atom is 0.336 e. The zero-order valence-corrected chi connectivity index (χ0v) is 15.1. The van der Waals surface area contributed by atoms with Crippen LogP contribution in [0.4, 0.5) is 0 Å². The number of rotatable bonds is 4. The van der Waals surface area contributed by atoms with Crippen molar-refractivity contribution >= 4 is 22.6 Å². The van der Waals surface area contributed by atoms with Crippen LogP contribution in [0.2, 0.25) is 5.02 Å². The van der Waals surface area contributed by atoms with Gasteiger partial charge in [0, 0.05) is 22.0 Å². The quantitative estimate of drug-likeness (QED) is 0.715. The van der Waals surface area contributed by atoms with E-state index in [2.05, 4.69) is 5.32 Å². The monoisotopic (exact) mass is 372 g/mol. The van der Waals surface area contributed by atoms with Crippen LogP contribution in [0.5, 0.6) is 11.5 Å². The number of ether oxygens (including phenoxy) is 2. The van der Waals surface area contributed by atoms with Crippen LogP contribution in [-0.2, 0) is 6.54 Å². The van der Waals surface area contributed by atoms with E-state index < -0.39 is 0 Å². The van der Waals surface area contributed by atoms with Gasteiger partial charge in [-0.3, -0.25) is 0 Å². The van der Waals surface area contributed by atoms with Gasteiger partial charge >= 0.3 is 5.63 Å². The second-order valence-corrected chi connectivity index (χ2v) is 6.82. The van der Waals surface area contributed by atoms with Gasteiger partial charge in [-0.05, 0) is 36.8 Å². The highest BCUT2D eigenvalue weighted by Crippen LogP contribution is 2.30. The molecule has 0 unspecified atom stereocenters. The molecule has 0 aliphatic carbocycles. The second-order valence-electron chi connectivity index (χ2n) is 6.41. The summed E-state index contributed by atoms with van der Waals surface area (Å²) >= 11 is 6.24. The van der Waals surface area contributed by atoms with E-state index in [1.54, 1.807) is 6.07 Å². The molecule has 6 heteroatoms. The summed E-state index contributed by atoms with van der Waals surface area (Å²) < 4.78 is 17.0. The van der Waals surface area contributed by atoms with Crippen molar-refractivity contribution in [3.05, 3.63) is 69.0 Å². The number of fused-ring (bicyclic) bond motifs is 2. The average molecular weight is 373 g/mol. The van der Waals surface area contributed by atoms with Gasteiger partial charge in [-0.2, -0.15) is 0 Å². The molecule has 0 bridgehead atoms. The molecule has 4 rings (SSSR count). The molecule has 1 aliphatic heterocycles. The normalized spacial score (nSPS) is 16.0. The molecule has 3 aromatic rings. The third kappa shape index (κ3) is 3.41. The van der Waals surface area contributed by atoms with Gasteiger partial charge in [-0.15, -0.1) is 0 Å². The van der Waals surface area contributed by atoms with E-state index in [1.807, 2.05) is 37.3 Å². The van der Waals surface area contributed by atoms with E-state index in [4.69, 9.17) is 25.5 Å². The highest BCUT2D eigenvalue weighted by molar-refractivity contribution is 6.32. The fourth-order valence-electron chi connectivity index (χ4n) is 3.12. The van der Waals surface area contributed by atoms with Crippen molar-refractivity contribution in [1.29, 1.82) is 0 Å². The number of para-hydroxylation sites is 2. The van der Waals surface area contributed by atoms with E-state index in [-0.39, 0.29) is 11.7 Å². The highest BCUT2D eigenvalue weighted by Gasteiger charge is 2.22. The third-order valence-electron chi connectivity index (χ3n) is 4.47. The van der Waals surface area contributed by atoms with E-state index >= 15 is 0 Å². The van der Waals surface area contributed by atoms with Crippen LogP contribution >= 0.6 is 11.6 Å². The summed E-state index contributed by atoms with van der Waals surface area (Å²) in [6.07, 6.45) is -0.0397. The molecule has 2 aromatic carbocycles. The lowest BCUT2D eigenvalue weighted by Gasteiger charge is -2.25. The maximum absolute atomic E-state index is 11.8. The van der Waals surface area contributed by atoms with Crippen molar-refractivity contribution in [3.8, 4) is 11.5 Å². The van der Waals surface area contributed by atoms with Crippen LogP contribution in [0.15, 0.2) is 51.7 Å². The third-order valence-corrected chi connectivity index (χ3v) is 4.88. The molecule has 1 aliphatic rings. The molecule has 2 heterocycles. The van der Waals surface area contributed by atoms with Gasteiger partial charge in [0.05, 0.1) is 0 Å². The van der Waals surface area contributed by atoms with Crippen molar-refractivity contribution < 1.29 is 19.2 Å². The van der Waals surface area contributed by atoms with E-state index in [0.29, 0.717) is 23.8 Å². The molecule has 0 amide bonds. The Labute approximate surface area is 155 Å². The summed E-state index contributed by atoms with van der Waals surface area (Å²) in [6, 6.07) is 12.8. The Morgan fingerprint density at radius 2 is 2.00 bits per heavy atom. The predicted octanol–water partition coefficient (Wildman–Crippen LogP) is 2.66. The number of hydrogen-bond acceptors (Lipinski definition) is 4. The van der Waals surface area contributed by atoms with Gasteiger partial charge in [0.15, 0.2) is 17.6 Å². The van der Waals surface area contributed by atoms with Crippen molar-refractivity contribution in [2.24, 2.45) is 0 Å². The highest BCUT2D eigenvalue weighted by atomic mass is 35.5. The van der Waals surface area contributed by atoms with Crippen molar-refractivity contribution in [2.75, 3.05) is 13.2 Å². The lowest BCUT2D eigenvalue weighted by Crippen LogP contribution is -2.85. The zero-order chi connectivity index (χ0) is 18.1. The first-order valence-electron chi connectivity index (χ1n) is 8.53. The fraction of sp³-hybridized carbons (Fsp3) is 0.250. The molecule has 5 nitrogen and oxygen atoms in total. The molecular weight excluding hydrogens is 354 g/mol. The summed E-state index contributed by atoms with van der Waals surface area (Å²) in [5.41, 5.74) is 1.99. The number of hydrogen-bond donors (Lipinski definition) is 1. The average Bonchev–Trinajstić information content (AvgIpc) is 2.63. The number of halogens is 1. The summed E-state index contributed by atoms with van der Waals surface area (Å²) in [5, 5.41) is 3.63. The van der Waals surface area contributed by atoms with Crippen molar-refractivity contribution in [2.45, 2.75) is 19.6 Å². The Bertz CT molecular complexity index is 1010.